The van der Waals surface area contributed by atoms with Crippen LogP contribution in [0.5, 0.6) is 0 Å². The number of nitrogens with zero attached hydrogens (tertiary/aromatic N) is 3. The number of rotatable bonds is 7. The summed E-state index contributed by atoms with van der Waals surface area (Å²) in [6, 6.07) is 10.6. The summed E-state index contributed by atoms with van der Waals surface area (Å²) in [4.78, 5) is 2.27. The maximum Gasteiger partial charge on any atom is 0.0534 e. The summed E-state index contributed by atoms with van der Waals surface area (Å²) in [5, 5.41) is 13.6. The molecule has 0 saturated carbocycles. The van der Waals surface area contributed by atoms with Gasteiger partial charge in [0.05, 0.1) is 6.20 Å². The fraction of sp³-hybridized carbons (Fsp3) is 0.438. The molecule has 1 aromatic heterocycles. The Morgan fingerprint density at radius 3 is 2.65 bits per heavy atom. The molecule has 2 aromatic rings. The van der Waals surface area contributed by atoms with Gasteiger partial charge in [-0.2, -0.15) is 5.10 Å². The van der Waals surface area contributed by atoms with Crippen molar-refractivity contribution in [1.29, 1.82) is 0 Å². The van der Waals surface area contributed by atoms with E-state index in [0.717, 1.165) is 19.5 Å². The highest BCUT2D eigenvalue weighted by atomic mass is 16.3. The maximum atomic E-state index is 9.31. The molecule has 0 saturated heterocycles. The number of aryl methyl sites for hydroxylation is 1. The van der Waals surface area contributed by atoms with Crippen LogP contribution in [0.2, 0.25) is 0 Å². The van der Waals surface area contributed by atoms with Crippen molar-refractivity contribution in [3.63, 3.8) is 0 Å². The number of aromatic nitrogens is 2. The van der Waals surface area contributed by atoms with Gasteiger partial charge in [0.2, 0.25) is 0 Å². The van der Waals surface area contributed by atoms with Gasteiger partial charge in [0.15, 0.2) is 0 Å². The van der Waals surface area contributed by atoms with Gasteiger partial charge in [-0.3, -0.25) is 9.58 Å². The van der Waals surface area contributed by atoms with Gasteiger partial charge in [-0.05, 0) is 26.0 Å². The van der Waals surface area contributed by atoms with Crippen LogP contribution in [0.25, 0.3) is 0 Å². The second-order valence-corrected chi connectivity index (χ2v) is 5.06. The minimum Gasteiger partial charge on any atom is -0.396 e. The third-order valence-corrected chi connectivity index (χ3v) is 3.56. The first-order valence-corrected chi connectivity index (χ1v) is 7.12. The normalized spacial score (nSPS) is 12.8. The molecule has 0 radical (unpaired) electrons. The molecule has 1 N–H and O–H groups in total. The highest BCUT2D eigenvalue weighted by Gasteiger charge is 2.17. The molecule has 0 bridgehead atoms. The standard InChI is InChI=1S/C16H23N3O/c1-3-19-13-14(11-17-19)12-18(2)16(9-10-20)15-7-5-4-6-8-15/h4-8,11,13,16,20H,3,9-10,12H2,1-2H3. The third-order valence-electron chi connectivity index (χ3n) is 3.56. The molecule has 0 aliphatic rings. The number of hydrogen-bond acceptors (Lipinski definition) is 3. The van der Waals surface area contributed by atoms with Gasteiger partial charge < -0.3 is 5.11 Å². The van der Waals surface area contributed by atoms with Gasteiger partial charge in [-0.1, -0.05) is 30.3 Å². The van der Waals surface area contributed by atoms with E-state index in [9.17, 15) is 5.11 Å². The van der Waals surface area contributed by atoms with Crippen LogP contribution in [0.1, 0.15) is 30.5 Å². The van der Waals surface area contributed by atoms with E-state index in [0.29, 0.717) is 0 Å². The van der Waals surface area contributed by atoms with Crippen LogP contribution in [0.15, 0.2) is 42.7 Å². The minimum atomic E-state index is 0.193. The summed E-state index contributed by atoms with van der Waals surface area (Å²) in [5.74, 6) is 0. The third kappa shape index (κ3) is 3.68. The highest BCUT2D eigenvalue weighted by Crippen LogP contribution is 2.24. The van der Waals surface area contributed by atoms with Gasteiger partial charge in [0.1, 0.15) is 0 Å². The first-order valence-electron chi connectivity index (χ1n) is 7.12. The van der Waals surface area contributed by atoms with Crippen molar-refractivity contribution in [2.75, 3.05) is 13.7 Å². The molecule has 1 unspecified atom stereocenters. The van der Waals surface area contributed by atoms with Crippen LogP contribution in [0.3, 0.4) is 0 Å². The molecule has 0 aliphatic heterocycles. The smallest absolute Gasteiger partial charge is 0.0534 e. The predicted octanol–water partition coefficient (Wildman–Crippen LogP) is 2.46. The quantitative estimate of drug-likeness (QED) is 0.842. The summed E-state index contributed by atoms with van der Waals surface area (Å²) < 4.78 is 1.94. The van der Waals surface area contributed by atoms with E-state index >= 15 is 0 Å². The molecule has 0 amide bonds. The summed E-state index contributed by atoms with van der Waals surface area (Å²) >= 11 is 0. The average molecular weight is 273 g/mol. The van der Waals surface area contributed by atoms with Crippen molar-refractivity contribution in [3.05, 3.63) is 53.9 Å². The second-order valence-electron chi connectivity index (χ2n) is 5.06. The van der Waals surface area contributed by atoms with Gasteiger partial charge in [0.25, 0.3) is 0 Å². The zero-order valence-corrected chi connectivity index (χ0v) is 12.2. The van der Waals surface area contributed by atoms with Crippen LogP contribution in [-0.2, 0) is 13.1 Å². The van der Waals surface area contributed by atoms with E-state index in [1.54, 1.807) is 0 Å². The Labute approximate surface area is 120 Å². The van der Waals surface area contributed by atoms with Crippen LogP contribution >= 0.6 is 0 Å². The lowest BCUT2D eigenvalue weighted by molar-refractivity contribution is 0.180. The zero-order valence-electron chi connectivity index (χ0n) is 12.2. The van der Waals surface area contributed by atoms with E-state index in [2.05, 4.69) is 42.3 Å². The Morgan fingerprint density at radius 1 is 1.30 bits per heavy atom. The van der Waals surface area contributed by atoms with E-state index in [1.807, 2.05) is 29.1 Å². The van der Waals surface area contributed by atoms with Crippen molar-refractivity contribution in [2.45, 2.75) is 32.5 Å². The van der Waals surface area contributed by atoms with Crippen molar-refractivity contribution >= 4 is 0 Å². The molecule has 1 heterocycles. The van der Waals surface area contributed by atoms with E-state index in [4.69, 9.17) is 0 Å². The van der Waals surface area contributed by atoms with Crippen molar-refractivity contribution < 1.29 is 5.11 Å². The topological polar surface area (TPSA) is 41.3 Å². The Bertz CT molecular complexity index is 509. The fourth-order valence-electron chi connectivity index (χ4n) is 2.50. The van der Waals surface area contributed by atoms with E-state index in [-0.39, 0.29) is 12.6 Å². The molecule has 2 rings (SSSR count). The Balaban J connectivity index is 2.08. The summed E-state index contributed by atoms with van der Waals surface area (Å²) in [5.41, 5.74) is 2.44. The van der Waals surface area contributed by atoms with Gasteiger partial charge >= 0.3 is 0 Å². The van der Waals surface area contributed by atoms with E-state index in [1.165, 1.54) is 11.1 Å². The highest BCUT2D eigenvalue weighted by molar-refractivity contribution is 5.19. The molecule has 4 heteroatoms. The maximum absolute atomic E-state index is 9.31. The lowest BCUT2D eigenvalue weighted by Gasteiger charge is -2.27. The number of hydrogen-bond donors (Lipinski definition) is 1. The molecule has 1 aromatic carbocycles. The van der Waals surface area contributed by atoms with E-state index < -0.39 is 0 Å². The molecule has 0 aliphatic carbocycles. The predicted molar refractivity (Wildman–Crippen MR) is 80.3 cm³/mol. The van der Waals surface area contributed by atoms with Crippen molar-refractivity contribution in [2.24, 2.45) is 0 Å². The van der Waals surface area contributed by atoms with Crippen LogP contribution in [0, 0.1) is 0 Å². The number of benzene rings is 1. The Kier molecular flexibility index (Phi) is 5.32. The lowest BCUT2D eigenvalue weighted by atomic mass is 10.0. The fourth-order valence-corrected chi connectivity index (χ4v) is 2.50. The molecular weight excluding hydrogens is 250 g/mol. The van der Waals surface area contributed by atoms with Crippen LogP contribution in [0.4, 0.5) is 0 Å². The molecule has 0 fully saturated rings. The van der Waals surface area contributed by atoms with Crippen molar-refractivity contribution in [1.82, 2.24) is 14.7 Å². The molecule has 108 valence electrons. The Hall–Kier alpha value is -1.65. The summed E-state index contributed by atoms with van der Waals surface area (Å²) in [7, 11) is 2.09. The molecule has 0 spiro atoms. The largest absolute Gasteiger partial charge is 0.396 e. The monoisotopic (exact) mass is 273 g/mol. The lowest BCUT2D eigenvalue weighted by Crippen LogP contribution is -2.25. The molecule has 1 atom stereocenters. The van der Waals surface area contributed by atoms with Crippen LogP contribution in [-0.4, -0.2) is 33.4 Å². The zero-order chi connectivity index (χ0) is 14.4. The first kappa shape index (κ1) is 14.8. The van der Waals surface area contributed by atoms with Gasteiger partial charge in [-0.25, -0.2) is 0 Å². The SMILES string of the molecule is CCn1cc(CN(C)C(CCO)c2ccccc2)cn1. The second kappa shape index (κ2) is 7.22. The van der Waals surface area contributed by atoms with Gasteiger partial charge in [0, 0.05) is 37.5 Å². The minimum absolute atomic E-state index is 0.193. The van der Waals surface area contributed by atoms with Gasteiger partial charge in [-0.15, -0.1) is 0 Å². The summed E-state index contributed by atoms with van der Waals surface area (Å²) in [6.45, 7) is 4.00. The molecular formula is C16H23N3O. The van der Waals surface area contributed by atoms with Crippen LogP contribution < -0.4 is 0 Å². The average Bonchev–Trinajstić information content (AvgIpc) is 2.93. The summed E-state index contributed by atoms with van der Waals surface area (Å²) in [6.07, 6.45) is 4.74. The van der Waals surface area contributed by atoms with Crippen molar-refractivity contribution in [3.8, 4) is 0 Å². The number of aliphatic hydroxyl groups excluding tert-OH is 1. The molecule has 4 nitrogen and oxygen atoms in total. The molecule has 20 heavy (non-hydrogen) atoms. The first-order chi connectivity index (χ1) is 9.74. The number of aliphatic hydroxyl groups is 1. The Morgan fingerprint density at radius 2 is 2.05 bits per heavy atom.